The zero-order valence-electron chi connectivity index (χ0n) is 15.9. The molecular formula is C19H25ClN2O4S. The Kier molecular flexibility index (Phi) is 5.40. The van der Waals surface area contributed by atoms with Crippen molar-refractivity contribution in [2.45, 2.75) is 57.0 Å². The molecule has 8 heteroatoms. The molecule has 0 saturated heterocycles. The van der Waals surface area contributed by atoms with Crippen LogP contribution in [-0.2, 0) is 15.4 Å². The Morgan fingerprint density at radius 1 is 1.30 bits per heavy atom. The van der Waals surface area contributed by atoms with Crippen LogP contribution in [-0.4, -0.2) is 41.1 Å². The molecule has 1 aliphatic rings. The third kappa shape index (κ3) is 4.36. The van der Waals surface area contributed by atoms with Crippen molar-refractivity contribution in [1.29, 1.82) is 0 Å². The second-order valence-corrected chi connectivity index (χ2v) is 10.6. The van der Waals surface area contributed by atoms with Crippen LogP contribution >= 0.6 is 11.6 Å². The average molecular weight is 413 g/mol. The monoisotopic (exact) mass is 412 g/mol. The number of hydrogen-bond donors (Lipinski definition) is 1. The third-order valence-corrected chi connectivity index (χ3v) is 7.19. The molecule has 6 nitrogen and oxygen atoms in total. The number of aromatic nitrogens is 2. The van der Waals surface area contributed by atoms with Crippen molar-refractivity contribution >= 4 is 32.2 Å². The minimum atomic E-state index is -3.13. The van der Waals surface area contributed by atoms with Crippen LogP contribution in [0.4, 0.5) is 0 Å². The van der Waals surface area contributed by atoms with Crippen LogP contribution in [0.1, 0.15) is 45.6 Å². The van der Waals surface area contributed by atoms with Crippen LogP contribution in [0.5, 0.6) is 5.88 Å². The van der Waals surface area contributed by atoms with Crippen molar-refractivity contribution in [2.24, 2.45) is 5.92 Å². The first-order chi connectivity index (χ1) is 12.5. The highest BCUT2D eigenvalue weighted by molar-refractivity contribution is 7.91. The van der Waals surface area contributed by atoms with E-state index in [0.29, 0.717) is 28.4 Å². The summed E-state index contributed by atoms with van der Waals surface area (Å²) in [5.41, 5.74) is -0.293. The van der Waals surface area contributed by atoms with E-state index in [-0.39, 0.29) is 12.0 Å². The molecule has 0 amide bonds. The first-order valence-electron chi connectivity index (χ1n) is 9.02. The topological polar surface area (TPSA) is 89.4 Å². The highest BCUT2D eigenvalue weighted by atomic mass is 35.5. The zero-order chi connectivity index (χ0) is 20.0. The minimum Gasteiger partial charge on any atom is -0.474 e. The SMILES string of the molecule is C[C@H](C[C@@H](C)S(C)(=O)=O)Oc1ncc(C(C)(O)C2CC2)c2cc(Cl)ncc12. The minimum absolute atomic E-state index is 0.204. The van der Waals surface area contributed by atoms with E-state index in [4.69, 9.17) is 16.3 Å². The van der Waals surface area contributed by atoms with E-state index in [1.807, 2.05) is 6.92 Å². The van der Waals surface area contributed by atoms with E-state index in [9.17, 15) is 13.5 Å². The number of nitrogens with zero attached hydrogens (tertiary/aromatic N) is 2. The number of aliphatic hydroxyl groups is 1. The van der Waals surface area contributed by atoms with Crippen LogP contribution in [0, 0.1) is 5.92 Å². The maximum atomic E-state index is 11.7. The van der Waals surface area contributed by atoms with Gasteiger partial charge in [-0.1, -0.05) is 11.6 Å². The fourth-order valence-electron chi connectivity index (χ4n) is 3.33. The zero-order valence-corrected chi connectivity index (χ0v) is 17.5. The molecule has 2 aromatic heterocycles. The molecule has 0 aromatic carbocycles. The summed E-state index contributed by atoms with van der Waals surface area (Å²) in [4.78, 5) is 8.53. The van der Waals surface area contributed by atoms with Crippen molar-refractivity contribution in [3.63, 3.8) is 0 Å². The Bertz CT molecular complexity index is 958. The van der Waals surface area contributed by atoms with Crippen LogP contribution in [0.2, 0.25) is 5.15 Å². The standard InChI is InChI=1S/C19H25ClN2O4S/c1-11(7-12(2)27(4,24)25)26-18-15-9-21-17(20)8-14(15)16(10-22-18)19(3,23)13-5-6-13/h8-13,23H,5-7H2,1-4H3/t11-,12-,19?/m1/s1. The summed E-state index contributed by atoms with van der Waals surface area (Å²) in [5, 5.41) is 12.2. The Labute approximate surface area is 164 Å². The van der Waals surface area contributed by atoms with Crippen molar-refractivity contribution in [3.05, 3.63) is 29.2 Å². The molecule has 0 radical (unpaired) electrons. The van der Waals surface area contributed by atoms with Gasteiger partial charge in [-0.3, -0.25) is 0 Å². The molecule has 3 atom stereocenters. The molecule has 27 heavy (non-hydrogen) atoms. The molecule has 1 unspecified atom stereocenters. The summed E-state index contributed by atoms with van der Waals surface area (Å²) in [6.07, 6.45) is 6.38. The number of rotatable bonds is 7. The van der Waals surface area contributed by atoms with Crippen molar-refractivity contribution in [2.75, 3.05) is 6.26 Å². The Hall–Kier alpha value is -1.44. The Balaban J connectivity index is 1.96. The fraction of sp³-hybridized carbons (Fsp3) is 0.579. The molecular weight excluding hydrogens is 388 g/mol. The smallest absolute Gasteiger partial charge is 0.223 e. The molecule has 1 aliphatic carbocycles. The second kappa shape index (κ2) is 7.18. The van der Waals surface area contributed by atoms with Crippen LogP contribution in [0.15, 0.2) is 18.5 Å². The molecule has 2 aromatic rings. The Morgan fingerprint density at radius 3 is 2.56 bits per heavy atom. The van der Waals surface area contributed by atoms with Gasteiger partial charge in [0.1, 0.15) is 15.0 Å². The van der Waals surface area contributed by atoms with E-state index in [1.54, 1.807) is 32.3 Å². The van der Waals surface area contributed by atoms with Crippen LogP contribution < -0.4 is 4.74 Å². The summed E-state index contributed by atoms with van der Waals surface area (Å²) in [6.45, 7) is 5.27. The second-order valence-electron chi connectivity index (χ2n) is 7.76. The van der Waals surface area contributed by atoms with Gasteiger partial charge in [0.05, 0.1) is 22.3 Å². The lowest BCUT2D eigenvalue weighted by Gasteiger charge is -2.26. The number of fused-ring (bicyclic) bond motifs is 1. The van der Waals surface area contributed by atoms with Gasteiger partial charge in [0, 0.05) is 30.6 Å². The summed E-state index contributed by atoms with van der Waals surface area (Å²) < 4.78 is 29.3. The summed E-state index contributed by atoms with van der Waals surface area (Å²) >= 11 is 6.09. The van der Waals surface area contributed by atoms with Crippen LogP contribution in [0.3, 0.4) is 0 Å². The number of halogens is 1. The predicted octanol–water partition coefficient (Wildman–Crippen LogP) is 3.49. The molecule has 0 bridgehead atoms. The lowest BCUT2D eigenvalue weighted by atomic mass is 9.89. The lowest BCUT2D eigenvalue weighted by Crippen LogP contribution is -2.26. The maximum Gasteiger partial charge on any atom is 0.223 e. The van der Waals surface area contributed by atoms with Gasteiger partial charge in [0.25, 0.3) is 0 Å². The summed E-state index contributed by atoms with van der Waals surface area (Å²) in [5.74, 6) is 0.563. The van der Waals surface area contributed by atoms with Gasteiger partial charge in [-0.2, -0.15) is 0 Å². The van der Waals surface area contributed by atoms with Crippen molar-refractivity contribution < 1.29 is 18.3 Å². The highest BCUT2D eigenvalue weighted by Crippen LogP contribution is 2.47. The van der Waals surface area contributed by atoms with E-state index in [1.165, 1.54) is 6.26 Å². The molecule has 3 rings (SSSR count). The average Bonchev–Trinajstić information content (AvgIpc) is 3.38. The Morgan fingerprint density at radius 2 is 1.96 bits per heavy atom. The van der Waals surface area contributed by atoms with Gasteiger partial charge < -0.3 is 9.84 Å². The third-order valence-electron chi connectivity index (χ3n) is 5.33. The molecule has 0 aliphatic heterocycles. The number of sulfone groups is 1. The maximum absolute atomic E-state index is 11.7. The van der Waals surface area contributed by atoms with Crippen LogP contribution in [0.25, 0.3) is 10.8 Å². The molecule has 0 spiro atoms. The molecule has 2 heterocycles. The van der Waals surface area contributed by atoms with Gasteiger partial charge >= 0.3 is 0 Å². The largest absolute Gasteiger partial charge is 0.474 e. The fourth-order valence-corrected chi connectivity index (χ4v) is 4.11. The van der Waals surface area contributed by atoms with E-state index in [0.717, 1.165) is 18.2 Å². The number of pyridine rings is 2. The van der Waals surface area contributed by atoms with Gasteiger partial charge in [0.2, 0.25) is 5.88 Å². The molecule has 148 valence electrons. The quantitative estimate of drug-likeness (QED) is 0.700. The van der Waals surface area contributed by atoms with Gasteiger partial charge in [0.15, 0.2) is 0 Å². The molecule has 1 fully saturated rings. The first kappa shape index (κ1) is 20.3. The van der Waals surface area contributed by atoms with E-state index in [2.05, 4.69) is 9.97 Å². The van der Waals surface area contributed by atoms with Gasteiger partial charge in [-0.25, -0.2) is 18.4 Å². The van der Waals surface area contributed by atoms with Gasteiger partial charge in [-0.15, -0.1) is 0 Å². The van der Waals surface area contributed by atoms with Crippen molar-refractivity contribution in [1.82, 2.24) is 9.97 Å². The molecule has 1 N–H and O–H groups in total. The first-order valence-corrected chi connectivity index (χ1v) is 11.4. The normalized spacial score (nSPS) is 19.5. The van der Waals surface area contributed by atoms with E-state index < -0.39 is 20.7 Å². The summed E-state index contributed by atoms with van der Waals surface area (Å²) in [6, 6.07) is 1.71. The summed E-state index contributed by atoms with van der Waals surface area (Å²) in [7, 11) is -3.13. The van der Waals surface area contributed by atoms with E-state index >= 15 is 0 Å². The predicted molar refractivity (Wildman–Crippen MR) is 106 cm³/mol. The lowest BCUT2D eigenvalue weighted by molar-refractivity contribution is 0.0342. The van der Waals surface area contributed by atoms with Gasteiger partial charge in [-0.05, 0) is 51.0 Å². The number of hydrogen-bond acceptors (Lipinski definition) is 6. The number of ether oxygens (including phenoxy) is 1. The highest BCUT2D eigenvalue weighted by Gasteiger charge is 2.42. The van der Waals surface area contributed by atoms with Crippen molar-refractivity contribution in [3.8, 4) is 5.88 Å². The molecule has 1 saturated carbocycles.